The third kappa shape index (κ3) is 6.97. The lowest BCUT2D eigenvalue weighted by atomic mass is 10.0. The first-order valence-corrected chi connectivity index (χ1v) is 11.9. The summed E-state index contributed by atoms with van der Waals surface area (Å²) in [4.78, 5) is 39.5. The van der Waals surface area contributed by atoms with Crippen LogP contribution in [0.4, 0.5) is 10.1 Å². The second-order valence-electron chi connectivity index (χ2n) is 8.70. The maximum absolute atomic E-state index is 14.6. The van der Waals surface area contributed by atoms with Gasteiger partial charge in [-0.25, -0.2) is 4.39 Å². The molecule has 0 radical (unpaired) electrons. The predicted molar refractivity (Wildman–Crippen MR) is 136 cm³/mol. The van der Waals surface area contributed by atoms with Crippen molar-refractivity contribution < 1.29 is 18.9 Å². The fourth-order valence-electron chi connectivity index (χ4n) is 3.91. The SMILES string of the molecule is CC[C@@H](C)NC(=O)[C@H](Cc1ccccc1)N(Cc1ccccc1F)C(=O)Cc1ccccc1[N+](=O)[O-]. The van der Waals surface area contributed by atoms with Gasteiger partial charge in [-0.2, -0.15) is 0 Å². The third-order valence-electron chi connectivity index (χ3n) is 6.10. The van der Waals surface area contributed by atoms with Crippen LogP contribution in [0.5, 0.6) is 0 Å². The van der Waals surface area contributed by atoms with Crippen LogP contribution >= 0.6 is 0 Å². The average Bonchev–Trinajstić information content (AvgIpc) is 2.87. The van der Waals surface area contributed by atoms with Crippen molar-refractivity contribution in [3.63, 3.8) is 0 Å². The molecule has 0 heterocycles. The maximum Gasteiger partial charge on any atom is 0.273 e. The molecule has 0 fully saturated rings. The Morgan fingerprint density at radius 1 is 0.972 bits per heavy atom. The van der Waals surface area contributed by atoms with E-state index in [2.05, 4.69) is 5.32 Å². The molecular weight excluding hydrogens is 461 g/mol. The number of carbonyl (C=O) groups excluding carboxylic acids is 2. The Morgan fingerprint density at radius 2 is 1.58 bits per heavy atom. The van der Waals surface area contributed by atoms with E-state index in [0.717, 1.165) is 5.56 Å². The molecule has 36 heavy (non-hydrogen) atoms. The number of nitrogens with one attached hydrogen (secondary N) is 1. The maximum atomic E-state index is 14.6. The van der Waals surface area contributed by atoms with Gasteiger partial charge in [0.1, 0.15) is 11.9 Å². The number of para-hydroxylation sites is 1. The van der Waals surface area contributed by atoms with Gasteiger partial charge < -0.3 is 10.2 Å². The Hall–Kier alpha value is -4.07. The van der Waals surface area contributed by atoms with Crippen LogP contribution < -0.4 is 5.32 Å². The summed E-state index contributed by atoms with van der Waals surface area (Å²) in [5.74, 6) is -1.37. The van der Waals surface area contributed by atoms with Crippen molar-refractivity contribution in [1.82, 2.24) is 10.2 Å². The van der Waals surface area contributed by atoms with Crippen LogP contribution in [-0.2, 0) is 29.0 Å². The van der Waals surface area contributed by atoms with Crippen molar-refractivity contribution in [2.45, 2.75) is 51.7 Å². The molecule has 8 heteroatoms. The number of nitrogens with zero attached hydrogens (tertiary/aromatic N) is 2. The van der Waals surface area contributed by atoms with E-state index in [0.29, 0.717) is 6.42 Å². The quantitative estimate of drug-likeness (QED) is 0.307. The van der Waals surface area contributed by atoms with Crippen molar-refractivity contribution in [1.29, 1.82) is 0 Å². The molecular formula is C28H30FN3O4. The molecule has 2 amide bonds. The van der Waals surface area contributed by atoms with Crippen LogP contribution in [0, 0.1) is 15.9 Å². The highest BCUT2D eigenvalue weighted by Crippen LogP contribution is 2.22. The number of hydrogen-bond acceptors (Lipinski definition) is 4. The van der Waals surface area contributed by atoms with Crippen LogP contribution in [0.3, 0.4) is 0 Å². The van der Waals surface area contributed by atoms with E-state index in [1.54, 1.807) is 24.3 Å². The molecule has 0 aromatic heterocycles. The van der Waals surface area contributed by atoms with Gasteiger partial charge in [-0.05, 0) is 25.0 Å². The van der Waals surface area contributed by atoms with E-state index in [9.17, 15) is 24.1 Å². The monoisotopic (exact) mass is 491 g/mol. The van der Waals surface area contributed by atoms with E-state index in [1.807, 2.05) is 44.2 Å². The third-order valence-corrected chi connectivity index (χ3v) is 6.10. The number of hydrogen-bond donors (Lipinski definition) is 1. The molecule has 2 atom stereocenters. The van der Waals surface area contributed by atoms with Gasteiger partial charge in [0, 0.05) is 36.2 Å². The normalized spacial score (nSPS) is 12.4. The Bertz CT molecular complexity index is 1200. The molecule has 0 unspecified atom stereocenters. The van der Waals surface area contributed by atoms with E-state index in [4.69, 9.17) is 0 Å². The molecule has 7 nitrogen and oxygen atoms in total. The number of halogens is 1. The average molecular weight is 492 g/mol. The lowest BCUT2D eigenvalue weighted by molar-refractivity contribution is -0.385. The van der Waals surface area contributed by atoms with Crippen LogP contribution in [0.15, 0.2) is 78.9 Å². The Balaban J connectivity index is 2.03. The number of nitro groups is 1. The molecule has 0 saturated heterocycles. The van der Waals surface area contributed by atoms with Crippen LogP contribution in [0.25, 0.3) is 0 Å². The lowest BCUT2D eigenvalue weighted by Gasteiger charge is -2.32. The van der Waals surface area contributed by atoms with Crippen molar-refractivity contribution >= 4 is 17.5 Å². The van der Waals surface area contributed by atoms with Crippen LogP contribution in [0.2, 0.25) is 0 Å². The minimum Gasteiger partial charge on any atom is -0.352 e. The molecule has 3 rings (SSSR count). The molecule has 3 aromatic carbocycles. The highest BCUT2D eigenvalue weighted by atomic mass is 19.1. The molecule has 0 saturated carbocycles. The number of rotatable bonds is 11. The summed E-state index contributed by atoms with van der Waals surface area (Å²) in [6.07, 6.45) is 0.606. The first kappa shape index (κ1) is 26.5. The van der Waals surface area contributed by atoms with Crippen LogP contribution in [-0.4, -0.2) is 33.7 Å². The first-order chi connectivity index (χ1) is 17.3. The minimum absolute atomic E-state index is 0.128. The number of benzene rings is 3. The van der Waals surface area contributed by atoms with E-state index in [-0.39, 0.29) is 48.1 Å². The zero-order chi connectivity index (χ0) is 26.1. The van der Waals surface area contributed by atoms with Gasteiger partial charge in [0.05, 0.1) is 11.3 Å². The van der Waals surface area contributed by atoms with Gasteiger partial charge in [0.15, 0.2) is 0 Å². The van der Waals surface area contributed by atoms with Crippen molar-refractivity contribution in [3.05, 3.63) is 111 Å². The van der Waals surface area contributed by atoms with Gasteiger partial charge in [0.25, 0.3) is 5.69 Å². The first-order valence-electron chi connectivity index (χ1n) is 11.9. The summed E-state index contributed by atoms with van der Waals surface area (Å²) in [6.45, 7) is 3.65. The number of nitro benzene ring substituents is 1. The highest BCUT2D eigenvalue weighted by Gasteiger charge is 2.32. The summed E-state index contributed by atoms with van der Waals surface area (Å²) in [5.41, 5.74) is 1.13. The smallest absolute Gasteiger partial charge is 0.273 e. The zero-order valence-corrected chi connectivity index (χ0v) is 20.4. The predicted octanol–water partition coefficient (Wildman–Crippen LogP) is 4.83. The van der Waals surface area contributed by atoms with Gasteiger partial charge in [0.2, 0.25) is 11.8 Å². The second-order valence-corrected chi connectivity index (χ2v) is 8.70. The second kappa shape index (κ2) is 12.6. The molecule has 0 aliphatic carbocycles. The Labute approximate surface area is 210 Å². The molecule has 0 spiro atoms. The Morgan fingerprint density at radius 3 is 2.22 bits per heavy atom. The highest BCUT2D eigenvalue weighted by molar-refractivity contribution is 5.89. The van der Waals surface area contributed by atoms with Crippen molar-refractivity contribution in [2.24, 2.45) is 0 Å². The summed E-state index contributed by atoms with van der Waals surface area (Å²) in [7, 11) is 0. The van der Waals surface area contributed by atoms with Crippen molar-refractivity contribution in [3.8, 4) is 0 Å². The largest absolute Gasteiger partial charge is 0.352 e. The summed E-state index contributed by atoms with van der Waals surface area (Å²) >= 11 is 0. The minimum atomic E-state index is -0.948. The van der Waals surface area contributed by atoms with Crippen LogP contribution in [0.1, 0.15) is 37.0 Å². The number of carbonyl (C=O) groups is 2. The molecule has 0 aliphatic rings. The van der Waals surface area contributed by atoms with Gasteiger partial charge >= 0.3 is 0 Å². The topological polar surface area (TPSA) is 92.6 Å². The molecule has 1 N–H and O–H groups in total. The molecule has 0 aliphatic heterocycles. The van der Waals surface area contributed by atoms with Gasteiger partial charge in [-0.15, -0.1) is 0 Å². The fourth-order valence-corrected chi connectivity index (χ4v) is 3.91. The molecule has 188 valence electrons. The number of amides is 2. The summed E-state index contributed by atoms with van der Waals surface area (Å²) in [5, 5.41) is 14.5. The summed E-state index contributed by atoms with van der Waals surface area (Å²) in [6, 6.07) is 20.3. The van der Waals surface area contributed by atoms with Gasteiger partial charge in [-0.1, -0.05) is 73.7 Å². The van der Waals surface area contributed by atoms with E-state index < -0.39 is 22.7 Å². The lowest BCUT2D eigenvalue weighted by Crippen LogP contribution is -2.52. The molecule has 3 aromatic rings. The van der Waals surface area contributed by atoms with E-state index in [1.165, 1.54) is 29.2 Å². The summed E-state index contributed by atoms with van der Waals surface area (Å²) < 4.78 is 14.6. The Kier molecular flexibility index (Phi) is 9.27. The molecule has 0 bridgehead atoms. The standard InChI is InChI=1S/C28H30FN3O4/c1-3-20(2)30-28(34)26(17-21-11-5-4-6-12-21)31(19-23-14-7-9-15-24(23)29)27(33)18-22-13-8-10-16-25(22)32(35)36/h4-16,20,26H,3,17-19H2,1-2H3,(H,30,34)/t20-,26+/m1/s1. The van der Waals surface area contributed by atoms with Crippen molar-refractivity contribution in [2.75, 3.05) is 0 Å². The zero-order valence-electron chi connectivity index (χ0n) is 20.4. The van der Waals surface area contributed by atoms with Gasteiger partial charge in [-0.3, -0.25) is 19.7 Å². The van der Waals surface area contributed by atoms with E-state index >= 15 is 0 Å². The fraction of sp³-hybridized carbons (Fsp3) is 0.286.